The van der Waals surface area contributed by atoms with Crippen LogP contribution in [0.4, 0.5) is 11.5 Å². The van der Waals surface area contributed by atoms with Gasteiger partial charge in [0.15, 0.2) is 0 Å². The van der Waals surface area contributed by atoms with Crippen LogP contribution in [-0.2, 0) is 4.74 Å². The molecule has 2 heterocycles. The van der Waals surface area contributed by atoms with Crippen LogP contribution in [0.25, 0.3) is 0 Å². The largest absolute Gasteiger partial charge is 0.462 e. The molecule has 1 aliphatic rings. The lowest BCUT2D eigenvalue weighted by Gasteiger charge is -2.35. The van der Waals surface area contributed by atoms with Crippen molar-refractivity contribution in [3.63, 3.8) is 0 Å². The first-order valence-electron chi connectivity index (χ1n) is 9.01. The molecule has 29 heavy (non-hydrogen) atoms. The van der Waals surface area contributed by atoms with E-state index >= 15 is 0 Å². The highest BCUT2D eigenvalue weighted by molar-refractivity contribution is 9.10. The van der Waals surface area contributed by atoms with Crippen LogP contribution in [0.15, 0.2) is 41.0 Å². The Hall–Kier alpha value is -3.01. The van der Waals surface area contributed by atoms with E-state index in [-0.39, 0.29) is 29.3 Å². The number of nitrogens with zero attached hydrogens (tertiary/aromatic N) is 4. The van der Waals surface area contributed by atoms with Gasteiger partial charge in [0.2, 0.25) is 0 Å². The number of pyridine rings is 1. The molecule has 152 valence electrons. The number of carbonyl (C=O) groups is 2. The summed E-state index contributed by atoms with van der Waals surface area (Å²) in [6, 6.07) is 7.45. The number of non-ortho nitro benzene ring substituents is 1. The van der Waals surface area contributed by atoms with Crippen molar-refractivity contribution >= 4 is 39.3 Å². The molecular weight excluding hydrogens is 444 g/mol. The maximum atomic E-state index is 12.9. The molecule has 1 saturated heterocycles. The Morgan fingerprint density at radius 1 is 1.17 bits per heavy atom. The predicted molar refractivity (Wildman–Crippen MR) is 109 cm³/mol. The molecule has 0 aliphatic carbocycles. The second kappa shape index (κ2) is 8.99. The van der Waals surface area contributed by atoms with Gasteiger partial charge in [0.25, 0.3) is 11.6 Å². The van der Waals surface area contributed by atoms with Gasteiger partial charge in [-0.25, -0.2) is 9.78 Å². The zero-order valence-corrected chi connectivity index (χ0v) is 17.3. The number of rotatable bonds is 5. The number of amides is 1. The smallest absolute Gasteiger partial charge is 0.338 e. The molecule has 0 bridgehead atoms. The molecule has 1 amide bonds. The van der Waals surface area contributed by atoms with E-state index in [1.807, 2.05) is 12.1 Å². The molecule has 0 unspecified atom stereocenters. The Balaban J connectivity index is 1.75. The first kappa shape index (κ1) is 20.7. The van der Waals surface area contributed by atoms with Gasteiger partial charge < -0.3 is 14.5 Å². The lowest BCUT2D eigenvalue weighted by molar-refractivity contribution is -0.384. The zero-order chi connectivity index (χ0) is 21.0. The van der Waals surface area contributed by atoms with Crippen LogP contribution in [-0.4, -0.2) is 59.5 Å². The fourth-order valence-electron chi connectivity index (χ4n) is 3.05. The average molecular weight is 463 g/mol. The molecule has 3 rings (SSSR count). The van der Waals surface area contributed by atoms with Crippen molar-refractivity contribution < 1.29 is 19.2 Å². The van der Waals surface area contributed by atoms with Crippen LogP contribution in [0.5, 0.6) is 0 Å². The Bertz CT molecular complexity index is 927. The summed E-state index contributed by atoms with van der Waals surface area (Å²) in [5.74, 6) is -0.237. The van der Waals surface area contributed by atoms with E-state index in [0.29, 0.717) is 26.2 Å². The van der Waals surface area contributed by atoms with Crippen molar-refractivity contribution in [2.45, 2.75) is 6.92 Å². The van der Waals surface area contributed by atoms with Crippen molar-refractivity contribution in [3.05, 3.63) is 62.2 Å². The van der Waals surface area contributed by atoms with Crippen LogP contribution in [0.1, 0.15) is 27.6 Å². The third-order valence-corrected chi connectivity index (χ3v) is 4.96. The average Bonchev–Trinajstić information content (AvgIpc) is 2.73. The first-order chi connectivity index (χ1) is 13.9. The lowest BCUT2D eigenvalue weighted by atomic mass is 10.1. The van der Waals surface area contributed by atoms with Crippen molar-refractivity contribution in [2.75, 3.05) is 37.7 Å². The van der Waals surface area contributed by atoms with Crippen molar-refractivity contribution in [1.29, 1.82) is 0 Å². The number of nitro groups is 1. The highest BCUT2D eigenvalue weighted by atomic mass is 79.9. The number of nitro benzene ring substituents is 1. The zero-order valence-electron chi connectivity index (χ0n) is 15.7. The van der Waals surface area contributed by atoms with Crippen LogP contribution < -0.4 is 4.90 Å². The number of piperazine rings is 1. The summed E-state index contributed by atoms with van der Waals surface area (Å²) in [5.41, 5.74) is -0.240. The van der Waals surface area contributed by atoms with Crippen molar-refractivity contribution in [2.24, 2.45) is 0 Å². The fourth-order valence-corrected chi connectivity index (χ4v) is 3.28. The van der Waals surface area contributed by atoms with Crippen LogP contribution in [0.2, 0.25) is 0 Å². The van der Waals surface area contributed by atoms with Gasteiger partial charge in [-0.05, 0) is 41.1 Å². The monoisotopic (exact) mass is 462 g/mol. The molecule has 0 saturated carbocycles. The third-order valence-electron chi connectivity index (χ3n) is 4.49. The summed E-state index contributed by atoms with van der Waals surface area (Å²) in [6.45, 7) is 3.82. The number of benzene rings is 1. The second-order valence-electron chi connectivity index (χ2n) is 6.36. The number of carbonyl (C=O) groups excluding carboxylic acids is 2. The van der Waals surface area contributed by atoms with E-state index in [1.165, 1.54) is 12.1 Å². The summed E-state index contributed by atoms with van der Waals surface area (Å²) in [5, 5.41) is 11.2. The Kier molecular flexibility index (Phi) is 6.42. The summed E-state index contributed by atoms with van der Waals surface area (Å²) in [4.78, 5) is 43.5. The number of anilines is 1. The number of esters is 1. The SMILES string of the molecule is CCOC(=O)c1cc(C(=O)N2CCN(c3ccc(Br)cn3)CC2)cc([N+](=O)[O-])c1. The topological polar surface area (TPSA) is 106 Å². The molecule has 1 aliphatic heterocycles. The van der Waals surface area contributed by atoms with Gasteiger partial charge in [-0.15, -0.1) is 0 Å². The Morgan fingerprint density at radius 2 is 1.86 bits per heavy atom. The van der Waals surface area contributed by atoms with E-state index < -0.39 is 10.9 Å². The number of halogens is 1. The third kappa shape index (κ3) is 4.89. The Morgan fingerprint density at radius 3 is 2.45 bits per heavy atom. The van der Waals surface area contributed by atoms with E-state index in [2.05, 4.69) is 25.8 Å². The van der Waals surface area contributed by atoms with Gasteiger partial charge in [0.1, 0.15) is 5.82 Å². The predicted octanol–water partition coefficient (Wildman–Crippen LogP) is 2.89. The highest BCUT2D eigenvalue weighted by Crippen LogP contribution is 2.21. The minimum absolute atomic E-state index is 0.0119. The van der Waals surface area contributed by atoms with Gasteiger partial charge in [0.05, 0.1) is 17.1 Å². The van der Waals surface area contributed by atoms with Crippen LogP contribution >= 0.6 is 15.9 Å². The molecule has 2 aromatic rings. The molecule has 9 nitrogen and oxygen atoms in total. The number of hydrogen-bond acceptors (Lipinski definition) is 7. The number of aromatic nitrogens is 1. The van der Waals surface area contributed by atoms with Gasteiger partial charge >= 0.3 is 5.97 Å². The molecule has 0 atom stereocenters. The van der Waals surface area contributed by atoms with E-state index in [1.54, 1.807) is 18.0 Å². The number of hydrogen-bond donors (Lipinski definition) is 0. The van der Waals surface area contributed by atoms with Gasteiger partial charge in [0, 0.05) is 54.5 Å². The Labute approximate surface area is 175 Å². The molecule has 0 spiro atoms. The molecule has 1 aromatic carbocycles. The summed E-state index contributed by atoms with van der Waals surface area (Å²) >= 11 is 3.35. The van der Waals surface area contributed by atoms with Gasteiger partial charge in [-0.3, -0.25) is 14.9 Å². The quantitative estimate of drug-likeness (QED) is 0.381. The standard InChI is InChI=1S/C19H19BrN4O5/c1-2-29-19(26)14-9-13(10-16(11-14)24(27)28)18(25)23-7-5-22(6-8-23)17-4-3-15(20)12-21-17/h3-4,9-12H,2,5-8H2,1H3. The molecule has 10 heteroatoms. The van der Waals surface area contributed by atoms with Crippen LogP contribution in [0, 0.1) is 10.1 Å². The van der Waals surface area contributed by atoms with Gasteiger partial charge in [-0.2, -0.15) is 0 Å². The summed E-state index contributed by atoms with van der Waals surface area (Å²) in [7, 11) is 0. The van der Waals surface area contributed by atoms with Crippen LogP contribution in [0.3, 0.4) is 0 Å². The maximum Gasteiger partial charge on any atom is 0.338 e. The van der Waals surface area contributed by atoms with Gasteiger partial charge in [-0.1, -0.05) is 0 Å². The lowest BCUT2D eigenvalue weighted by Crippen LogP contribution is -2.49. The van der Waals surface area contributed by atoms with E-state index in [0.717, 1.165) is 16.4 Å². The molecule has 1 aromatic heterocycles. The summed E-state index contributed by atoms with van der Waals surface area (Å²) < 4.78 is 5.80. The molecule has 0 N–H and O–H groups in total. The first-order valence-corrected chi connectivity index (χ1v) is 9.80. The van der Waals surface area contributed by atoms with Crippen molar-refractivity contribution in [1.82, 2.24) is 9.88 Å². The highest BCUT2D eigenvalue weighted by Gasteiger charge is 2.25. The maximum absolute atomic E-state index is 12.9. The normalized spacial score (nSPS) is 13.9. The van der Waals surface area contributed by atoms with E-state index in [9.17, 15) is 19.7 Å². The van der Waals surface area contributed by atoms with E-state index in [4.69, 9.17) is 4.74 Å². The fraction of sp³-hybridized carbons (Fsp3) is 0.316. The van der Waals surface area contributed by atoms with Crippen molar-refractivity contribution in [3.8, 4) is 0 Å². The second-order valence-corrected chi connectivity index (χ2v) is 7.28. The molecule has 1 fully saturated rings. The molecular formula is C19H19BrN4O5. The minimum Gasteiger partial charge on any atom is -0.462 e. The summed E-state index contributed by atoms with van der Waals surface area (Å²) in [6.07, 6.45) is 1.72. The minimum atomic E-state index is -0.698. The molecule has 0 radical (unpaired) electrons. The number of ether oxygens (including phenoxy) is 1.